The van der Waals surface area contributed by atoms with Crippen LogP contribution in [-0.4, -0.2) is 21.9 Å². The van der Waals surface area contributed by atoms with Crippen molar-refractivity contribution in [3.05, 3.63) is 39.6 Å². The molecule has 1 aromatic rings. The second-order valence-corrected chi connectivity index (χ2v) is 3.55. The minimum absolute atomic E-state index is 0.0386. The molecule has 0 radical (unpaired) electrons. The van der Waals surface area contributed by atoms with Gasteiger partial charge in [0.05, 0.1) is 11.0 Å². The number of rotatable bonds is 2. The first-order valence-electron chi connectivity index (χ1n) is 4.94. The number of non-ortho nitro benzene ring substituents is 1. The summed E-state index contributed by atoms with van der Waals surface area (Å²) in [6.45, 7) is 1.52. The van der Waals surface area contributed by atoms with Crippen LogP contribution in [0.25, 0.3) is 6.08 Å². The summed E-state index contributed by atoms with van der Waals surface area (Å²) < 4.78 is 4.70. The van der Waals surface area contributed by atoms with E-state index >= 15 is 0 Å². The molecule has 1 aromatic carbocycles. The number of esters is 1. The molecule has 0 spiro atoms. The molecule has 0 saturated carbocycles. The molecule has 0 atom stereocenters. The fourth-order valence-electron chi connectivity index (χ4n) is 1.43. The number of benzene rings is 1. The summed E-state index contributed by atoms with van der Waals surface area (Å²) in [7, 11) is 0. The maximum Gasteiger partial charge on any atom is 0.363 e. The minimum Gasteiger partial charge on any atom is -0.507 e. The van der Waals surface area contributed by atoms with E-state index < -0.39 is 10.9 Å². The van der Waals surface area contributed by atoms with Gasteiger partial charge in [-0.1, -0.05) is 0 Å². The Morgan fingerprint density at radius 2 is 2.22 bits per heavy atom. The van der Waals surface area contributed by atoms with Crippen molar-refractivity contribution < 1.29 is 19.6 Å². The largest absolute Gasteiger partial charge is 0.507 e. The molecular formula is C11H8N2O5. The highest BCUT2D eigenvalue weighted by Gasteiger charge is 2.20. The lowest BCUT2D eigenvalue weighted by Crippen LogP contribution is -1.99. The first-order chi connectivity index (χ1) is 8.47. The first kappa shape index (κ1) is 11.8. The average Bonchev–Trinajstić information content (AvgIpc) is 2.60. The van der Waals surface area contributed by atoms with Crippen molar-refractivity contribution in [3.8, 4) is 5.75 Å². The minimum atomic E-state index is -0.622. The molecule has 92 valence electrons. The predicted octanol–water partition coefficient (Wildman–Crippen LogP) is 1.62. The van der Waals surface area contributed by atoms with Crippen molar-refractivity contribution in [1.29, 1.82) is 0 Å². The van der Waals surface area contributed by atoms with Gasteiger partial charge in [0, 0.05) is 18.6 Å². The Morgan fingerprint density at radius 3 is 2.72 bits per heavy atom. The van der Waals surface area contributed by atoms with Crippen LogP contribution in [0, 0.1) is 10.1 Å². The molecule has 1 aliphatic heterocycles. The van der Waals surface area contributed by atoms with Crippen molar-refractivity contribution in [2.75, 3.05) is 0 Å². The normalized spacial score (nSPS) is 16.6. The lowest BCUT2D eigenvalue weighted by atomic mass is 10.1. The number of ether oxygens (including phenoxy) is 1. The molecule has 18 heavy (non-hydrogen) atoms. The second kappa shape index (κ2) is 4.28. The number of phenols is 1. The first-order valence-corrected chi connectivity index (χ1v) is 4.94. The molecule has 0 bridgehead atoms. The van der Waals surface area contributed by atoms with Crippen LogP contribution in [-0.2, 0) is 9.53 Å². The molecule has 0 saturated heterocycles. The van der Waals surface area contributed by atoms with Crippen LogP contribution in [0.4, 0.5) is 5.69 Å². The zero-order chi connectivity index (χ0) is 13.3. The van der Waals surface area contributed by atoms with Crippen molar-refractivity contribution in [3.63, 3.8) is 0 Å². The van der Waals surface area contributed by atoms with Gasteiger partial charge in [0.1, 0.15) is 5.75 Å². The Kier molecular flexibility index (Phi) is 2.80. The van der Waals surface area contributed by atoms with Gasteiger partial charge >= 0.3 is 5.97 Å². The van der Waals surface area contributed by atoms with E-state index in [9.17, 15) is 20.0 Å². The van der Waals surface area contributed by atoms with Crippen molar-refractivity contribution in [2.24, 2.45) is 4.99 Å². The quantitative estimate of drug-likeness (QED) is 0.370. The number of hydrogen-bond acceptors (Lipinski definition) is 6. The number of carbonyl (C=O) groups is 1. The summed E-state index contributed by atoms with van der Waals surface area (Å²) in [5.41, 5.74) is 0.0611. The highest BCUT2D eigenvalue weighted by atomic mass is 16.6. The zero-order valence-electron chi connectivity index (χ0n) is 9.28. The predicted molar refractivity (Wildman–Crippen MR) is 61.9 cm³/mol. The number of aromatic hydroxyl groups is 1. The molecule has 1 aliphatic rings. The van der Waals surface area contributed by atoms with Gasteiger partial charge in [-0.15, -0.1) is 0 Å². The molecule has 0 aromatic heterocycles. The van der Waals surface area contributed by atoms with E-state index in [1.54, 1.807) is 0 Å². The fourth-order valence-corrected chi connectivity index (χ4v) is 1.43. The van der Waals surface area contributed by atoms with Gasteiger partial charge in [-0.25, -0.2) is 9.79 Å². The highest BCUT2D eigenvalue weighted by Crippen LogP contribution is 2.26. The highest BCUT2D eigenvalue weighted by molar-refractivity contribution is 6.06. The van der Waals surface area contributed by atoms with Gasteiger partial charge in [-0.3, -0.25) is 10.1 Å². The number of cyclic esters (lactones) is 1. The molecule has 0 aliphatic carbocycles. The van der Waals surface area contributed by atoms with Crippen LogP contribution in [0.3, 0.4) is 0 Å². The summed E-state index contributed by atoms with van der Waals surface area (Å²) in [4.78, 5) is 25.0. The Balaban J connectivity index is 2.39. The summed E-state index contributed by atoms with van der Waals surface area (Å²) in [6, 6.07) is 3.56. The SMILES string of the molecule is CC1=N/C(=C\c2ccc([N+](=O)[O-])cc2O)C(=O)O1. The molecule has 7 nitrogen and oxygen atoms in total. The number of nitro groups is 1. The van der Waals surface area contributed by atoms with Crippen LogP contribution >= 0.6 is 0 Å². The summed E-state index contributed by atoms with van der Waals surface area (Å²) in [5.74, 6) is -0.706. The van der Waals surface area contributed by atoms with Crippen LogP contribution in [0.2, 0.25) is 0 Å². The van der Waals surface area contributed by atoms with E-state index in [0.29, 0.717) is 0 Å². The molecule has 1 heterocycles. The fraction of sp³-hybridized carbons (Fsp3) is 0.0909. The Bertz CT molecular complexity index is 603. The van der Waals surface area contributed by atoms with Gasteiger partial charge < -0.3 is 9.84 Å². The van der Waals surface area contributed by atoms with E-state index in [2.05, 4.69) is 4.99 Å². The van der Waals surface area contributed by atoms with Crippen LogP contribution in [0.5, 0.6) is 5.75 Å². The van der Waals surface area contributed by atoms with E-state index in [0.717, 1.165) is 6.07 Å². The maximum atomic E-state index is 11.3. The maximum absolute atomic E-state index is 11.3. The van der Waals surface area contributed by atoms with Crippen LogP contribution in [0.15, 0.2) is 28.9 Å². The Labute approximate surface area is 101 Å². The molecule has 0 fully saturated rings. The van der Waals surface area contributed by atoms with Crippen molar-refractivity contribution in [2.45, 2.75) is 6.92 Å². The lowest BCUT2D eigenvalue weighted by molar-refractivity contribution is -0.384. The van der Waals surface area contributed by atoms with Crippen molar-refractivity contribution >= 4 is 23.6 Å². The summed E-state index contributed by atoms with van der Waals surface area (Å²) >= 11 is 0. The number of nitrogens with zero attached hydrogens (tertiary/aromatic N) is 2. The van der Waals surface area contributed by atoms with Crippen LogP contribution < -0.4 is 0 Å². The smallest absolute Gasteiger partial charge is 0.363 e. The monoisotopic (exact) mass is 248 g/mol. The standard InChI is InChI=1S/C11H8N2O5/c1-6-12-9(11(15)18-6)4-7-2-3-8(13(16)17)5-10(7)14/h2-5,14H,1H3/b9-4-. The molecule has 0 unspecified atom stereocenters. The van der Waals surface area contributed by atoms with Gasteiger partial charge in [0.2, 0.25) is 0 Å². The summed E-state index contributed by atoms with van der Waals surface area (Å²) in [5, 5.41) is 20.1. The van der Waals surface area contributed by atoms with Gasteiger partial charge in [0.25, 0.3) is 5.69 Å². The molecule has 0 amide bonds. The number of nitro benzene ring substituents is 1. The second-order valence-electron chi connectivity index (χ2n) is 3.55. The van der Waals surface area contributed by atoms with E-state index in [1.807, 2.05) is 0 Å². The summed E-state index contributed by atoms with van der Waals surface area (Å²) in [6.07, 6.45) is 1.30. The topological polar surface area (TPSA) is 102 Å². The van der Waals surface area contributed by atoms with Gasteiger partial charge in [0.15, 0.2) is 11.6 Å². The Hall–Kier alpha value is -2.70. The third-order valence-electron chi connectivity index (χ3n) is 2.24. The molecule has 7 heteroatoms. The van der Waals surface area contributed by atoms with Crippen molar-refractivity contribution in [1.82, 2.24) is 0 Å². The van der Waals surface area contributed by atoms with E-state index in [1.165, 1.54) is 25.1 Å². The van der Waals surface area contributed by atoms with Crippen LogP contribution in [0.1, 0.15) is 12.5 Å². The van der Waals surface area contributed by atoms with Gasteiger partial charge in [-0.2, -0.15) is 0 Å². The number of carbonyl (C=O) groups excluding carboxylic acids is 1. The van der Waals surface area contributed by atoms with Gasteiger partial charge in [-0.05, 0) is 12.1 Å². The molecule has 2 rings (SSSR count). The molecule has 1 N–H and O–H groups in total. The number of hydrogen-bond donors (Lipinski definition) is 1. The number of aliphatic imine (C=N–C) groups is 1. The average molecular weight is 248 g/mol. The lowest BCUT2D eigenvalue weighted by Gasteiger charge is -1.99. The molecular weight excluding hydrogens is 240 g/mol. The van der Waals surface area contributed by atoms with E-state index in [-0.39, 0.29) is 28.6 Å². The third-order valence-corrected chi connectivity index (χ3v) is 2.24. The van der Waals surface area contributed by atoms with E-state index in [4.69, 9.17) is 4.74 Å². The third kappa shape index (κ3) is 2.19. The Morgan fingerprint density at radius 1 is 1.50 bits per heavy atom. The zero-order valence-corrected chi connectivity index (χ0v) is 9.28. The number of phenolic OH excluding ortho intramolecular Hbond substituents is 1.